The number of rotatable bonds is 5. The van der Waals surface area contributed by atoms with Crippen LogP contribution in [0, 0.1) is 13.8 Å². The molecule has 0 aliphatic rings. The molecule has 1 amide bonds. The van der Waals surface area contributed by atoms with Gasteiger partial charge in [0.05, 0.1) is 23.5 Å². The fraction of sp³-hybridized carbons (Fsp3) is 0.240. The van der Waals surface area contributed by atoms with Gasteiger partial charge in [0.2, 0.25) is 0 Å². The predicted molar refractivity (Wildman–Crippen MR) is 124 cm³/mol. The fourth-order valence-electron chi connectivity index (χ4n) is 3.69. The van der Waals surface area contributed by atoms with Crippen LogP contribution in [0.1, 0.15) is 47.1 Å². The highest BCUT2D eigenvalue weighted by Gasteiger charge is 2.30. The van der Waals surface area contributed by atoms with E-state index in [1.54, 1.807) is 20.0 Å². The Labute approximate surface area is 185 Å². The van der Waals surface area contributed by atoms with Crippen molar-refractivity contribution in [2.75, 3.05) is 0 Å². The number of aromatic nitrogens is 3. The third kappa shape index (κ3) is 4.20. The number of amides is 1. The van der Waals surface area contributed by atoms with Gasteiger partial charge in [-0.25, -0.2) is 4.52 Å². The van der Waals surface area contributed by atoms with Crippen molar-refractivity contribution in [2.24, 2.45) is 0 Å². The monoisotopic (exact) mass is 430 g/mol. The highest BCUT2D eigenvalue weighted by atomic mass is 16.3. The van der Waals surface area contributed by atoms with Crippen LogP contribution in [0.3, 0.4) is 0 Å². The Morgan fingerprint density at radius 2 is 1.81 bits per heavy atom. The van der Waals surface area contributed by atoms with Crippen LogP contribution >= 0.6 is 0 Å². The maximum absolute atomic E-state index is 13.0. The second-order valence-corrected chi connectivity index (χ2v) is 8.63. The zero-order chi connectivity index (χ0) is 23.0. The molecule has 164 valence electrons. The molecule has 0 radical (unpaired) electrons. The number of aromatic amines is 1. The molecule has 1 atom stereocenters. The fourth-order valence-corrected chi connectivity index (χ4v) is 3.69. The van der Waals surface area contributed by atoms with E-state index in [9.17, 15) is 14.7 Å². The molecule has 7 nitrogen and oxygen atoms in total. The minimum atomic E-state index is -1.20. The number of nitrogens with zero attached hydrogens (tertiary/aromatic N) is 2. The molecule has 0 saturated heterocycles. The van der Waals surface area contributed by atoms with Crippen LogP contribution in [-0.2, 0) is 0 Å². The topological polar surface area (TPSA) is 99.5 Å². The van der Waals surface area contributed by atoms with E-state index in [1.807, 2.05) is 62.4 Å². The van der Waals surface area contributed by atoms with E-state index in [1.165, 1.54) is 10.6 Å². The van der Waals surface area contributed by atoms with E-state index in [0.717, 1.165) is 22.3 Å². The summed E-state index contributed by atoms with van der Waals surface area (Å²) in [5.74, 6) is -0.475. The molecule has 32 heavy (non-hydrogen) atoms. The Morgan fingerprint density at radius 1 is 1.09 bits per heavy atom. The summed E-state index contributed by atoms with van der Waals surface area (Å²) in [6.07, 6.45) is 1.70. The van der Waals surface area contributed by atoms with Gasteiger partial charge in [0, 0.05) is 6.07 Å². The lowest BCUT2D eigenvalue weighted by Crippen LogP contribution is -2.42. The molecule has 0 unspecified atom stereocenters. The molecule has 0 aliphatic carbocycles. The third-order valence-corrected chi connectivity index (χ3v) is 5.63. The van der Waals surface area contributed by atoms with E-state index in [-0.39, 0.29) is 16.8 Å². The number of aliphatic hydroxyl groups is 1. The van der Waals surface area contributed by atoms with Gasteiger partial charge in [0.1, 0.15) is 5.52 Å². The second kappa shape index (κ2) is 8.09. The van der Waals surface area contributed by atoms with E-state index >= 15 is 0 Å². The van der Waals surface area contributed by atoms with Gasteiger partial charge in [0.15, 0.2) is 5.69 Å². The van der Waals surface area contributed by atoms with Gasteiger partial charge in [0.25, 0.3) is 11.5 Å². The van der Waals surface area contributed by atoms with Crippen LogP contribution in [0.15, 0.2) is 65.6 Å². The van der Waals surface area contributed by atoms with Crippen molar-refractivity contribution in [1.29, 1.82) is 0 Å². The van der Waals surface area contributed by atoms with Crippen LogP contribution < -0.4 is 10.9 Å². The molecule has 0 aliphatic heterocycles. The van der Waals surface area contributed by atoms with Crippen molar-refractivity contribution in [1.82, 2.24) is 19.9 Å². The number of H-pyrrole nitrogens is 1. The minimum absolute atomic E-state index is 0.0953. The number of benzene rings is 2. The van der Waals surface area contributed by atoms with E-state index in [0.29, 0.717) is 5.69 Å². The molecule has 7 heteroatoms. The van der Waals surface area contributed by atoms with Crippen LogP contribution in [0.4, 0.5) is 0 Å². The molecular weight excluding hydrogens is 404 g/mol. The summed E-state index contributed by atoms with van der Waals surface area (Å²) in [6, 6.07) is 16.0. The normalized spacial score (nSPS) is 12.7. The highest BCUT2D eigenvalue weighted by Crippen LogP contribution is 2.26. The Hall–Kier alpha value is -3.71. The summed E-state index contributed by atoms with van der Waals surface area (Å²) >= 11 is 0. The Kier molecular flexibility index (Phi) is 5.44. The van der Waals surface area contributed by atoms with E-state index in [2.05, 4.69) is 15.4 Å². The second-order valence-electron chi connectivity index (χ2n) is 8.63. The minimum Gasteiger partial charge on any atom is -0.388 e. The Morgan fingerprint density at radius 3 is 2.47 bits per heavy atom. The van der Waals surface area contributed by atoms with E-state index in [4.69, 9.17) is 0 Å². The average Bonchev–Trinajstić information content (AvgIpc) is 3.18. The zero-order valence-electron chi connectivity index (χ0n) is 18.5. The lowest BCUT2D eigenvalue weighted by atomic mass is 9.92. The van der Waals surface area contributed by atoms with Gasteiger partial charge in [-0.3, -0.25) is 9.59 Å². The predicted octanol–water partition coefficient (Wildman–Crippen LogP) is 3.55. The maximum Gasteiger partial charge on any atom is 0.274 e. The number of aryl methyl sites for hydroxylation is 2. The van der Waals surface area contributed by atoms with Crippen molar-refractivity contribution < 1.29 is 9.90 Å². The average molecular weight is 431 g/mol. The molecule has 2 aromatic heterocycles. The third-order valence-electron chi connectivity index (χ3n) is 5.63. The van der Waals surface area contributed by atoms with Gasteiger partial charge >= 0.3 is 0 Å². The highest BCUT2D eigenvalue weighted by molar-refractivity contribution is 5.94. The molecular formula is C25H26N4O3. The number of fused-ring (bicyclic) bond motifs is 1. The summed E-state index contributed by atoms with van der Waals surface area (Å²) in [4.78, 5) is 28.5. The summed E-state index contributed by atoms with van der Waals surface area (Å²) < 4.78 is 1.42. The van der Waals surface area contributed by atoms with Crippen LogP contribution in [-0.4, -0.2) is 31.2 Å². The molecule has 4 aromatic rings. The molecule has 2 heterocycles. The van der Waals surface area contributed by atoms with Crippen molar-refractivity contribution in [3.8, 4) is 11.3 Å². The molecule has 0 saturated carbocycles. The molecule has 3 N–H and O–H groups in total. The summed E-state index contributed by atoms with van der Waals surface area (Å²) in [6.45, 7) is 7.31. The summed E-state index contributed by atoms with van der Waals surface area (Å²) in [5.41, 5.74) is 3.34. The van der Waals surface area contributed by atoms with Crippen molar-refractivity contribution >= 4 is 11.4 Å². The van der Waals surface area contributed by atoms with Gasteiger partial charge in [-0.2, -0.15) is 5.10 Å². The molecule has 0 spiro atoms. The SMILES string of the molecule is Cc1ccc(-c2cn3nc(C(=O)N[C@@H](c4ccccc4)C(C)(C)O)cc3c(=O)[nH]2)cc1C. The lowest BCUT2D eigenvalue weighted by Gasteiger charge is -2.30. The van der Waals surface area contributed by atoms with Crippen molar-refractivity contribution in [2.45, 2.75) is 39.3 Å². The molecule has 0 bridgehead atoms. The first kappa shape index (κ1) is 21.5. The van der Waals surface area contributed by atoms with Crippen molar-refractivity contribution in [3.63, 3.8) is 0 Å². The van der Waals surface area contributed by atoms with E-state index < -0.39 is 17.6 Å². The van der Waals surface area contributed by atoms with Gasteiger partial charge in [-0.15, -0.1) is 0 Å². The number of nitrogens with one attached hydrogen (secondary N) is 2. The molecule has 4 rings (SSSR count). The molecule has 0 fully saturated rings. The standard InChI is InChI=1S/C25H26N4O3/c1-15-10-11-18(12-16(15)2)20-14-29-21(24(31)26-20)13-19(28-29)23(30)27-22(25(3,4)32)17-8-6-5-7-9-17/h5-14,22,32H,1-4H3,(H,26,31)(H,27,30)/t22-/m0/s1. The van der Waals surface area contributed by atoms with Crippen LogP contribution in [0.2, 0.25) is 0 Å². The summed E-state index contributed by atoms with van der Waals surface area (Å²) in [7, 11) is 0. The van der Waals surface area contributed by atoms with Crippen molar-refractivity contribution in [3.05, 3.63) is 93.5 Å². The number of carbonyl (C=O) groups excluding carboxylic acids is 1. The number of hydrogen-bond donors (Lipinski definition) is 3. The zero-order valence-corrected chi connectivity index (χ0v) is 18.5. The Balaban J connectivity index is 1.69. The molecule has 2 aromatic carbocycles. The van der Waals surface area contributed by atoms with Gasteiger partial charge in [-0.05, 0) is 56.0 Å². The van der Waals surface area contributed by atoms with Crippen LogP contribution in [0.5, 0.6) is 0 Å². The number of hydrogen-bond acceptors (Lipinski definition) is 4. The maximum atomic E-state index is 13.0. The first-order valence-electron chi connectivity index (χ1n) is 10.4. The number of carbonyl (C=O) groups is 1. The largest absolute Gasteiger partial charge is 0.388 e. The smallest absolute Gasteiger partial charge is 0.274 e. The van der Waals surface area contributed by atoms with Gasteiger partial charge in [-0.1, -0.05) is 42.5 Å². The van der Waals surface area contributed by atoms with Crippen LogP contribution in [0.25, 0.3) is 16.8 Å². The first-order valence-corrected chi connectivity index (χ1v) is 10.4. The quantitative estimate of drug-likeness (QED) is 0.451. The Bertz CT molecular complexity index is 1350. The van der Waals surface area contributed by atoms with Gasteiger partial charge < -0.3 is 15.4 Å². The lowest BCUT2D eigenvalue weighted by molar-refractivity contribution is 0.0342. The summed E-state index contributed by atoms with van der Waals surface area (Å²) in [5, 5.41) is 17.8. The first-order chi connectivity index (χ1) is 15.1.